The van der Waals surface area contributed by atoms with Crippen LogP contribution < -0.4 is 14.9 Å². The number of halogens is 3. The van der Waals surface area contributed by atoms with Gasteiger partial charge in [0.2, 0.25) is 10.0 Å². The van der Waals surface area contributed by atoms with E-state index < -0.39 is 39.7 Å². The third-order valence-corrected chi connectivity index (χ3v) is 7.73. The number of carbonyl (C=O) groups is 1. The maximum atomic E-state index is 13.9. The lowest BCUT2D eigenvalue weighted by Crippen LogP contribution is -2.48. The van der Waals surface area contributed by atoms with Crippen molar-refractivity contribution in [2.24, 2.45) is 0 Å². The molecule has 8 nitrogen and oxygen atoms in total. The van der Waals surface area contributed by atoms with Gasteiger partial charge in [0, 0.05) is 31.8 Å². The number of carbonyl (C=O) groups excluding carboxylic acids is 1. The van der Waals surface area contributed by atoms with Crippen LogP contribution >= 0.6 is 12.4 Å². The summed E-state index contributed by atoms with van der Waals surface area (Å²) in [6.45, 7) is 2.84. The Morgan fingerprint density at radius 2 is 1.67 bits per heavy atom. The molecule has 230 valence electrons. The molecule has 12 heteroatoms. The Morgan fingerprint density at radius 3 is 2.31 bits per heavy atom. The van der Waals surface area contributed by atoms with Gasteiger partial charge in [0.15, 0.2) is 0 Å². The number of hydrogen-bond acceptors (Lipinski definition) is 6. The number of hydrogen-bond donors (Lipinski definition) is 3. The van der Waals surface area contributed by atoms with Crippen LogP contribution in [0.4, 0.5) is 14.5 Å². The molecule has 3 N–H and O–H groups in total. The van der Waals surface area contributed by atoms with Crippen molar-refractivity contribution in [1.82, 2.24) is 10.6 Å². The monoisotopic (exact) mass is 625 g/mol. The fraction of sp³-hybridized carbons (Fsp3) is 0.367. The number of nitrogens with one attached hydrogen (secondary N) is 2. The fourth-order valence-electron chi connectivity index (χ4n) is 4.45. The van der Waals surface area contributed by atoms with Gasteiger partial charge in [-0.05, 0) is 59.9 Å². The van der Waals surface area contributed by atoms with Crippen molar-refractivity contribution in [1.29, 1.82) is 0 Å². The lowest BCUT2D eigenvalue weighted by Gasteiger charge is -2.26. The minimum absolute atomic E-state index is 0. The van der Waals surface area contributed by atoms with Crippen LogP contribution in [0, 0.1) is 11.6 Å². The Labute approximate surface area is 252 Å². The van der Waals surface area contributed by atoms with E-state index in [-0.39, 0.29) is 55.3 Å². The number of aliphatic hydroxyl groups excluding tert-OH is 1. The molecule has 0 unspecified atom stereocenters. The summed E-state index contributed by atoms with van der Waals surface area (Å²) in [5, 5.41) is 17.0. The highest BCUT2D eigenvalue weighted by Crippen LogP contribution is 2.20. The molecule has 0 aromatic heterocycles. The zero-order valence-corrected chi connectivity index (χ0v) is 25.5. The summed E-state index contributed by atoms with van der Waals surface area (Å²) in [7, 11) is -2.20. The molecule has 0 bridgehead atoms. The van der Waals surface area contributed by atoms with Crippen molar-refractivity contribution >= 4 is 34.0 Å². The van der Waals surface area contributed by atoms with E-state index in [0.29, 0.717) is 6.54 Å². The molecular weight excluding hydrogens is 588 g/mol. The van der Waals surface area contributed by atoms with Crippen LogP contribution in [0.5, 0.6) is 0 Å². The molecule has 0 aliphatic rings. The molecular formula is C30H38ClF2N3O5S. The number of amides is 1. The highest BCUT2D eigenvalue weighted by atomic mass is 35.5. The van der Waals surface area contributed by atoms with Crippen LogP contribution in [-0.2, 0) is 34.1 Å². The van der Waals surface area contributed by atoms with E-state index in [0.717, 1.165) is 40.7 Å². The van der Waals surface area contributed by atoms with Crippen LogP contribution in [-0.4, -0.2) is 64.6 Å². The Morgan fingerprint density at radius 1 is 1.00 bits per heavy atom. The normalized spacial score (nSPS) is 12.7. The first-order valence-electron chi connectivity index (χ1n) is 13.3. The van der Waals surface area contributed by atoms with Gasteiger partial charge < -0.3 is 20.5 Å². The summed E-state index contributed by atoms with van der Waals surface area (Å²) in [4.78, 5) is 13.3. The number of aliphatic hydroxyl groups is 1. The molecule has 0 aliphatic heterocycles. The number of nitrogens with zero attached hydrogens (tertiary/aromatic N) is 1. The lowest BCUT2D eigenvalue weighted by molar-refractivity contribution is 0.0830. The SMILES string of the molecule is CCc1cccc(CNC[C@@H](O)[C@H](Cc2cc(F)cc(F)c2)NC(=O)c2cccc(N(CCOC)S(C)(=O)=O)c2)c1.Cl. The van der Waals surface area contributed by atoms with Crippen molar-refractivity contribution in [3.05, 3.63) is 101 Å². The molecule has 1 amide bonds. The minimum atomic E-state index is -3.65. The van der Waals surface area contributed by atoms with Gasteiger partial charge in [0.05, 0.1) is 37.2 Å². The van der Waals surface area contributed by atoms with E-state index in [1.807, 2.05) is 18.2 Å². The largest absolute Gasteiger partial charge is 0.390 e. The smallest absolute Gasteiger partial charge is 0.251 e. The number of anilines is 1. The van der Waals surface area contributed by atoms with Gasteiger partial charge in [-0.2, -0.15) is 0 Å². The maximum Gasteiger partial charge on any atom is 0.251 e. The van der Waals surface area contributed by atoms with E-state index in [4.69, 9.17) is 4.74 Å². The summed E-state index contributed by atoms with van der Waals surface area (Å²) in [5.41, 5.74) is 2.91. The zero-order chi connectivity index (χ0) is 30.0. The molecule has 42 heavy (non-hydrogen) atoms. The first-order valence-corrected chi connectivity index (χ1v) is 15.1. The van der Waals surface area contributed by atoms with E-state index in [1.54, 1.807) is 12.1 Å². The first-order chi connectivity index (χ1) is 19.5. The third-order valence-electron chi connectivity index (χ3n) is 6.54. The van der Waals surface area contributed by atoms with Crippen molar-refractivity contribution in [2.45, 2.75) is 38.5 Å². The number of benzene rings is 3. The van der Waals surface area contributed by atoms with Crippen LogP contribution in [0.1, 0.15) is 34.0 Å². The summed E-state index contributed by atoms with van der Waals surface area (Å²) in [6, 6.07) is 16.2. The first kappa shape index (κ1) is 35.1. The average molecular weight is 626 g/mol. The molecule has 2 atom stereocenters. The van der Waals surface area contributed by atoms with Gasteiger partial charge in [-0.1, -0.05) is 37.3 Å². The van der Waals surface area contributed by atoms with E-state index in [9.17, 15) is 27.1 Å². The highest BCUT2D eigenvalue weighted by Gasteiger charge is 2.24. The molecule has 0 radical (unpaired) electrons. The Kier molecular flexibility index (Phi) is 13.8. The third kappa shape index (κ3) is 10.6. The highest BCUT2D eigenvalue weighted by molar-refractivity contribution is 7.92. The topological polar surface area (TPSA) is 108 Å². The standard InChI is InChI=1S/C30H37F2N3O5S.ClH/c1-4-21-7-5-8-22(13-21)19-33-20-29(36)28(16-23-14-25(31)18-26(32)15-23)34-30(37)24-9-6-10-27(17-24)35(11-12-40-2)41(3,38)39;/h5-10,13-15,17-18,28-29,33,36H,4,11-12,16,19-20H2,1-3H3,(H,34,37);1H/t28-,29+;/m0./s1. The average Bonchev–Trinajstić information content (AvgIpc) is 2.92. The van der Waals surface area contributed by atoms with Crippen molar-refractivity contribution in [3.8, 4) is 0 Å². The number of rotatable bonds is 15. The minimum Gasteiger partial charge on any atom is -0.390 e. The van der Waals surface area contributed by atoms with Gasteiger partial charge in [0.1, 0.15) is 11.6 Å². The Hall–Kier alpha value is -3.09. The van der Waals surface area contributed by atoms with Crippen molar-refractivity contribution in [2.75, 3.05) is 37.4 Å². The van der Waals surface area contributed by atoms with Gasteiger partial charge in [0.25, 0.3) is 5.91 Å². The molecule has 3 aromatic rings. The quantitative estimate of drug-likeness (QED) is 0.237. The van der Waals surface area contributed by atoms with Gasteiger partial charge in [-0.25, -0.2) is 17.2 Å². The van der Waals surface area contributed by atoms with Gasteiger partial charge >= 0.3 is 0 Å². The van der Waals surface area contributed by atoms with Crippen LogP contribution in [0.3, 0.4) is 0 Å². The Balaban J connectivity index is 0.00000616. The van der Waals surface area contributed by atoms with Crippen LogP contribution in [0.15, 0.2) is 66.7 Å². The van der Waals surface area contributed by atoms with Crippen LogP contribution in [0.25, 0.3) is 0 Å². The molecule has 3 aromatic carbocycles. The van der Waals surface area contributed by atoms with Crippen molar-refractivity contribution < 1.29 is 31.8 Å². The molecule has 0 spiro atoms. The Bertz CT molecular complexity index is 1410. The van der Waals surface area contributed by atoms with Crippen molar-refractivity contribution in [3.63, 3.8) is 0 Å². The summed E-state index contributed by atoms with van der Waals surface area (Å²) in [6.07, 6.45) is 0.796. The second-order valence-corrected chi connectivity index (χ2v) is 11.7. The number of methoxy groups -OCH3 is 1. The summed E-state index contributed by atoms with van der Waals surface area (Å²) < 4.78 is 58.7. The lowest BCUT2D eigenvalue weighted by atomic mass is 10.00. The van der Waals surface area contributed by atoms with Gasteiger partial charge in [-0.15, -0.1) is 12.4 Å². The number of ether oxygens (including phenoxy) is 1. The zero-order valence-electron chi connectivity index (χ0n) is 23.8. The fourth-order valence-corrected chi connectivity index (χ4v) is 5.35. The maximum absolute atomic E-state index is 13.9. The molecule has 0 saturated heterocycles. The predicted octanol–water partition coefficient (Wildman–Crippen LogP) is 3.85. The van der Waals surface area contributed by atoms with E-state index in [2.05, 4.69) is 23.6 Å². The molecule has 3 rings (SSSR count). The molecule has 0 heterocycles. The number of aryl methyl sites for hydroxylation is 1. The van der Waals surface area contributed by atoms with Gasteiger partial charge in [-0.3, -0.25) is 9.10 Å². The summed E-state index contributed by atoms with van der Waals surface area (Å²) in [5.74, 6) is -2.11. The molecule has 0 fully saturated rings. The van der Waals surface area contributed by atoms with E-state index >= 15 is 0 Å². The summed E-state index contributed by atoms with van der Waals surface area (Å²) >= 11 is 0. The second-order valence-electron chi connectivity index (χ2n) is 9.81. The molecule has 0 aliphatic carbocycles. The van der Waals surface area contributed by atoms with Crippen LogP contribution in [0.2, 0.25) is 0 Å². The van der Waals surface area contributed by atoms with E-state index in [1.165, 1.54) is 24.8 Å². The molecule has 0 saturated carbocycles. The predicted molar refractivity (Wildman–Crippen MR) is 163 cm³/mol. The second kappa shape index (κ2) is 16.5. The number of sulfonamides is 1.